The zero-order chi connectivity index (χ0) is 7.28. The number of nitrogens with two attached hydrogens (primary N) is 1. The van der Waals surface area contributed by atoms with Crippen LogP contribution in [0.1, 0.15) is 6.92 Å². The molecule has 0 atom stereocenters. The van der Waals surface area contributed by atoms with Gasteiger partial charge in [0.05, 0.1) is 0 Å². The largest absolute Gasteiger partial charge is 0.384 e. The SMILES string of the molecule is C=CN=C(N)/C=C(\C)F. The van der Waals surface area contributed by atoms with E-state index >= 15 is 0 Å². The molecule has 0 aliphatic rings. The summed E-state index contributed by atoms with van der Waals surface area (Å²) in [5.74, 6) is -0.233. The summed E-state index contributed by atoms with van der Waals surface area (Å²) in [4.78, 5) is 3.51. The van der Waals surface area contributed by atoms with Crippen molar-refractivity contribution in [2.75, 3.05) is 0 Å². The smallest absolute Gasteiger partial charge is 0.125 e. The molecule has 0 saturated heterocycles. The molecule has 0 heterocycles. The van der Waals surface area contributed by atoms with Crippen molar-refractivity contribution in [1.82, 2.24) is 0 Å². The van der Waals surface area contributed by atoms with Crippen molar-refractivity contribution >= 4 is 5.84 Å². The Morgan fingerprint density at radius 2 is 2.33 bits per heavy atom. The van der Waals surface area contributed by atoms with Gasteiger partial charge in [-0.15, -0.1) is 0 Å². The van der Waals surface area contributed by atoms with Crippen LogP contribution in [0.4, 0.5) is 4.39 Å². The van der Waals surface area contributed by atoms with Gasteiger partial charge in [0.15, 0.2) is 0 Å². The molecule has 3 heteroatoms. The summed E-state index contributed by atoms with van der Waals surface area (Å²) < 4.78 is 11.9. The molecule has 0 aromatic heterocycles. The third-order valence-electron chi connectivity index (χ3n) is 0.587. The van der Waals surface area contributed by atoms with E-state index in [0.717, 1.165) is 6.08 Å². The highest BCUT2D eigenvalue weighted by molar-refractivity contribution is 5.92. The van der Waals surface area contributed by atoms with Gasteiger partial charge in [0, 0.05) is 12.3 Å². The lowest BCUT2D eigenvalue weighted by Crippen LogP contribution is -2.06. The van der Waals surface area contributed by atoms with Crippen LogP contribution in [0.3, 0.4) is 0 Å². The fourth-order valence-electron chi connectivity index (χ4n) is 0.346. The number of hydrogen-bond donors (Lipinski definition) is 1. The zero-order valence-corrected chi connectivity index (χ0v) is 5.26. The predicted molar refractivity (Wildman–Crippen MR) is 36.7 cm³/mol. The lowest BCUT2D eigenvalue weighted by Gasteiger charge is -1.86. The van der Waals surface area contributed by atoms with Gasteiger partial charge in [0.25, 0.3) is 0 Å². The van der Waals surface area contributed by atoms with Crippen LogP contribution < -0.4 is 5.73 Å². The zero-order valence-electron chi connectivity index (χ0n) is 5.26. The van der Waals surface area contributed by atoms with E-state index in [1.165, 1.54) is 13.1 Å². The fourth-order valence-corrected chi connectivity index (χ4v) is 0.346. The lowest BCUT2D eigenvalue weighted by atomic mass is 10.5. The monoisotopic (exact) mass is 128 g/mol. The van der Waals surface area contributed by atoms with Crippen molar-refractivity contribution in [3.05, 3.63) is 24.7 Å². The molecule has 0 radical (unpaired) electrons. The average Bonchev–Trinajstić information content (AvgIpc) is 1.63. The summed E-state index contributed by atoms with van der Waals surface area (Å²) in [5.41, 5.74) is 5.15. The first-order valence-corrected chi connectivity index (χ1v) is 2.45. The van der Waals surface area contributed by atoms with Crippen LogP contribution in [0.15, 0.2) is 29.7 Å². The molecular formula is C6H9FN2. The Balaban J connectivity index is 4.05. The number of rotatable bonds is 2. The molecule has 0 saturated carbocycles. The molecule has 0 aliphatic carbocycles. The van der Waals surface area contributed by atoms with E-state index in [1.54, 1.807) is 0 Å². The highest BCUT2D eigenvalue weighted by Gasteiger charge is 1.84. The summed E-state index contributed by atoms with van der Waals surface area (Å²) in [6, 6.07) is 0. The number of amidine groups is 1. The van der Waals surface area contributed by atoms with Gasteiger partial charge in [0.2, 0.25) is 0 Å². The number of aliphatic imine (C=N–C) groups is 1. The summed E-state index contributed by atoms with van der Waals surface area (Å²) in [7, 11) is 0. The maximum Gasteiger partial charge on any atom is 0.125 e. The van der Waals surface area contributed by atoms with E-state index in [9.17, 15) is 4.39 Å². The Bertz CT molecular complexity index is 154. The average molecular weight is 128 g/mol. The number of nitrogens with zero attached hydrogens (tertiary/aromatic N) is 1. The maximum absolute atomic E-state index is 11.9. The predicted octanol–water partition coefficient (Wildman–Crippen LogP) is 1.36. The summed E-state index contributed by atoms with van der Waals surface area (Å²) in [6.45, 7) is 4.59. The second kappa shape index (κ2) is 3.83. The van der Waals surface area contributed by atoms with Crippen molar-refractivity contribution < 1.29 is 4.39 Å². The second-order valence-electron chi connectivity index (χ2n) is 1.47. The quantitative estimate of drug-likeness (QED) is 0.442. The van der Waals surface area contributed by atoms with E-state index in [0.29, 0.717) is 0 Å². The van der Waals surface area contributed by atoms with Gasteiger partial charge in [-0.1, -0.05) is 6.58 Å². The molecule has 50 valence electrons. The molecule has 2 N–H and O–H groups in total. The van der Waals surface area contributed by atoms with Crippen LogP contribution in [0.2, 0.25) is 0 Å². The van der Waals surface area contributed by atoms with Gasteiger partial charge >= 0.3 is 0 Å². The molecule has 9 heavy (non-hydrogen) atoms. The third-order valence-corrected chi connectivity index (χ3v) is 0.587. The summed E-state index contributed by atoms with van der Waals surface area (Å²) in [6.07, 6.45) is 2.39. The molecule has 0 rings (SSSR count). The van der Waals surface area contributed by atoms with E-state index in [1.807, 2.05) is 0 Å². The number of hydrogen-bond acceptors (Lipinski definition) is 1. The molecular weight excluding hydrogens is 119 g/mol. The Kier molecular flexibility index (Phi) is 3.35. The highest BCUT2D eigenvalue weighted by Crippen LogP contribution is 1.90. The molecule has 0 amide bonds. The fraction of sp³-hybridized carbons (Fsp3) is 0.167. The van der Waals surface area contributed by atoms with Crippen molar-refractivity contribution in [3.8, 4) is 0 Å². The highest BCUT2D eigenvalue weighted by atomic mass is 19.1. The first-order chi connectivity index (χ1) is 4.16. The summed E-state index contributed by atoms with van der Waals surface area (Å²) in [5, 5.41) is 0. The molecule has 2 nitrogen and oxygen atoms in total. The third kappa shape index (κ3) is 4.74. The normalized spacial score (nSPS) is 13.6. The van der Waals surface area contributed by atoms with Gasteiger partial charge in [-0.2, -0.15) is 0 Å². The van der Waals surface area contributed by atoms with Crippen molar-refractivity contribution in [1.29, 1.82) is 0 Å². The maximum atomic E-state index is 11.9. The first kappa shape index (κ1) is 7.88. The molecule has 0 spiro atoms. The van der Waals surface area contributed by atoms with Crippen LogP contribution in [0.5, 0.6) is 0 Å². The van der Waals surface area contributed by atoms with Crippen LogP contribution in [0.25, 0.3) is 0 Å². The van der Waals surface area contributed by atoms with Gasteiger partial charge in [-0.05, 0) is 6.92 Å². The number of halogens is 1. The van der Waals surface area contributed by atoms with Crippen molar-refractivity contribution in [3.63, 3.8) is 0 Å². The van der Waals surface area contributed by atoms with Gasteiger partial charge < -0.3 is 5.73 Å². The Labute approximate surface area is 53.6 Å². The van der Waals surface area contributed by atoms with Gasteiger partial charge in [0.1, 0.15) is 11.7 Å². The van der Waals surface area contributed by atoms with Crippen molar-refractivity contribution in [2.24, 2.45) is 10.7 Å². The molecule has 0 aliphatic heterocycles. The van der Waals surface area contributed by atoms with Crippen LogP contribution in [-0.2, 0) is 0 Å². The molecule has 0 aromatic rings. The molecule has 0 aromatic carbocycles. The Morgan fingerprint density at radius 3 is 2.67 bits per heavy atom. The number of allylic oxidation sites excluding steroid dienone is 1. The Morgan fingerprint density at radius 1 is 1.78 bits per heavy atom. The lowest BCUT2D eigenvalue weighted by molar-refractivity contribution is 0.642. The van der Waals surface area contributed by atoms with E-state index < -0.39 is 0 Å². The van der Waals surface area contributed by atoms with Crippen LogP contribution in [-0.4, -0.2) is 5.84 Å². The van der Waals surface area contributed by atoms with E-state index in [2.05, 4.69) is 11.6 Å². The van der Waals surface area contributed by atoms with Gasteiger partial charge in [-0.3, -0.25) is 0 Å². The van der Waals surface area contributed by atoms with Crippen LogP contribution in [0, 0.1) is 0 Å². The Hall–Kier alpha value is -1.12. The second-order valence-corrected chi connectivity index (χ2v) is 1.47. The topological polar surface area (TPSA) is 38.4 Å². The minimum absolute atomic E-state index is 0.130. The van der Waals surface area contributed by atoms with Crippen molar-refractivity contribution in [2.45, 2.75) is 6.92 Å². The molecule has 0 bridgehead atoms. The van der Waals surface area contributed by atoms with Gasteiger partial charge in [-0.25, -0.2) is 9.38 Å². The van der Waals surface area contributed by atoms with Crippen LogP contribution >= 0.6 is 0 Å². The standard InChI is InChI=1S/C6H9FN2/c1-3-9-6(8)4-5(2)7/h3-4H,1H2,2H3,(H2,8,9)/b5-4+. The molecule has 0 fully saturated rings. The minimum Gasteiger partial charge on any atom is -0.384 e. The molecule has 0 unspecified atom stereocenters. The minimum atomic E-state index is -0.363. The first-order valence-electron chi connectivity index (χ1n) is 2.45. The summed E-state index contributed by atoms with van der Waals surface area (Å²) >= 11 is 0. The van der Waals surface area contributed by atoms with E-state index in [-0.39, 0.29) is 11.7 Å². The van der Waals surface area contributed by atoms with E-state index in [4.69, 9.17) is 5.73 Å².